The van der Waals surface area contributed by atoms with E-state index in [9.17, 15) is 4.79 Å². The fourth-order valence-corrected chi connectivity index (χ4v) is 2.56. The highest BCUT2D eigenvalue weighted by Gasteiger charge is 2.14. The van der Waals surface area contributed by atoms with Gasteiger partial charge in [-0.1, -0.05) is 24.3 Å². The molecule has 23 heavy (non-hydrogen) atoms. The standard InChI is InChI=1S/C19H19NO3/c1-3-4-14-5-7-16(13(2)11-14)19(21)20-15-6-8-17-18(12-15)23-10-9-22-17/h3-8,11-12H,9-10H2,1-2H3,(H,20,21)/b4-3-. The first-order valence-electron chi connectivity index (χ1n) is 7.62. The van der Waals surface area contributed by atoms with Crippen LogP contribution in [0.3, 0.4) is 0 Å². The first-order chi connectivity index (χ1) is 11.2. The van der Waals surface area contributed by atoms with Crippen molar-refractivity contribution < 1.29 is 14.3 Å². The van der Waals surface area contributed by atoms with E-state index in [0.29, 0.717) is 36.0 Å². The number of aryl methyl sites for hydroxylation is 1. The highest BCUT2D eigenvalue weighted by molar-refractivity contribution is 6.05. The molecule has 0 bridgehead atoms. The molecule has 0 saturated heterocycles. The smallest absolute Gasteiger partial charge is 0.255 e. The lowest BCUT2D eigenvalue weighted by atomic mass is 10.0. The van der Waals surface area contributed by atoms with E-state index >= 15 is 0 Å². The van der Waals surface area contributed by atoms with Crippen LogP contribution in [0.4, 0.5) is 5.69 Å². The molecule has 1 heterocycles. The Morgan fingerprint density at radius 3 is 2.61 bits per heavy atom. The molecule has 1 aliphatic heterocycles. The van der Waals surface area contributed by atoms with Crippen molar-refractivity contribution in [2.45, 2.75) is 13.8 Å². The second kappa shape index (κ2) is 6.57. The largest absolute Gasteiger partial charge is 0.486 e. The molecule has 0 aromatic heterocycles. The van der Waals surface area contributed by atoms with Gasteiger partial charge >= 0.3 is 0 Å². The van der Waals surface area contributed by atoms with Gasteiger partial charge in [0.15, 0.2) is 11.5 Å². The molecular formula is C19H19NO3. The quantitative estimate of drug-likeness (QED) is 0.930. The summed E-state index contributed by atoms with van der Waals surface area (Å²) in [6.07, 6.45) is 3.99. The Morgan fingerprint density at radius 2 is 1.87 bits per heavy atom. The Kier molecular flexibility index (Phi) is 4.33. The second-order valence-electron chi connectivity index (χ2n) is 5.39. The summed E-state index contributed by atoms with van der Waals surface area (Å²) in [5.41, 5.74) is 3.38. The topological polar surface area (TPSA) is 47.6 Å². The number of anilines is 1. The van der Waals surface area contributed by atoms with Gasteiger partial charge in [-0.05, 0) is 43.2 Å². The van der Waals surface area contributed by atoms with Crippen molar-refractivity contribution in [2.75, 3.05) is 18.5 Å². The molecule has 118 valence electrons. The molecule has 0 fully saturated rings. The van der Waals surface area contributed by atoms with Crippen molar-refractivity contribution in [3.63, 3.8) is 0 Å². The van der Waals surface area contributed by atoms with Crippen LogP contribution in [0.1, 0.15) is 28.4 Å². The summed E-state index contributed by atoms with van der Waals surface area (Å²) in [6.45, 7) is 4.98. The first kappa shape index (κ1) is 15.2. The molecule has 0 aliphatic carbocycles. The van der Waals surface area contributed by atoms with Crippen molar-refractivity contribution in [3.8, 4) is 11.5 Å². The minimum Gasteiger partial charge on any atom is -0.486 e. The van der Waals surface area contributed by atoms with Gasteiger partial charge in [0.2, 0.25) is 0 Å². The van der Waals surface area contributed by atoms with Crippen LogP contribution in [0.25, 0.3) is 6.08 Å². The Labute approximate surface area is 135 Å². The van der Waals surface area contributed by atoms with Gasteiger partial charge in [-0.3, -0.25) is 4.79 Å². The molecule has 1 amide bonds. The number of allylic oxidation sites excluding steroid dienone is 1. The van der Waals surface area contributed by atoms with Crippen molar-refractivity contribution >= 4 is 17.7 Å². The van der Waals surface area contributed by atoms with Crippen LogP contribution in [0.2, 0.25) is 0 Å². The Bertz CT molecular complexity index is 765. The van der Waals surface area contributed by atoms with Gasteiger partial charge in [0.1, 0.15) is 13.2 Å². The number of hydrogen-bond acceptors (Lipinski definition) is 3. The van der Waals surface area contributed by atoms with Crippen LogP contribution in [0, 0.1) is 6.92 Å². The Balaban J connectivity index is 1.79. The van der Waals surface area contributed by atoms with Gasteiger partial charge in [0.25, 0.3) is 5.91 Å². The zero-order chi connectivity index (χ0) is 16.2. The van der Waals surface area contributed by atoms with Gasteiger partial charge in [-0.15, -0.1) is 0 Å². The number of nitrogens with one attached hydrogen (secondary N) is 1. The molecule has 0 atom stereocenters. The normalized spacial score (nSPS) is 13.1. The van der Waals surface area contributed by atoms with Crippen molar-refractivity contribution in [2.24, 2.45) is 0 Å². The van der Waals surface area contributed by atoms with Gasteiger partial charge in [-0.25, -0.2) is 0 Å². The summed E-state index contributed by atoms with van der Waals surface area (Å²) in [5.74, 6) is 1.24. The average Bonchev–Trinajstić information content (AvgIpc) is 2.55. The third-order valence-corrected chi connectivity index (χ3v) is 3.65. The maximum absolute atomic E-state index is 12.5. The predicted octanol–water partition coefficient (Wildman–Crippen LogP) is 4.05. The molecule has 4 nitrogen and oxygen atoms in total. The summed E-state index contributed by atoms with van der Waals surface area (Å²) in [7, 11) is 0. The first-order valence-corrected chi connectivity index (χ1v) is 7.62. The number of hydrogen-bond donors (Lipinski definition) is 1. The molecule has 1 aliphatic rings. The summed E-state index contributed by atoms with van der Waals surface area (Å²) in [6, 6.07) is 11.2. The van der Waals surface area contributed by atoms with Crippen LogP contribution >= 0.6 is 0 Å². The molecule has 2 aromatic carbocycles. The van der Waals surface area contributed by atoms with E-state index in [1.165, 1.54) is 0 Å². The number of fused-ring (bicyclic) bond motifs is 1. The van der Waals surface area contributed by atoms with E-state index < -0.39 is 0 Å². The molecule has 0 saturated carbocycles. The minimum absolute atomic E-state index is 0.133. The van der Waals surface area contributed by atoms with E-state index in [2.05, 4.69) is 5.32 Å². The van der Waals surface area contributed by atoms with Crippen molar-refractivity contribution in [3.05, 3.63) is 59.2 Å². The van der Waals surface area contributed by atoms with Gasteiger partial charge in [0, 0.05) is 17.3 Å². The lowest BCUT2D eigenvalue weighted by Crippen LogP contribution is -2.17. The molecule has 0 radical (unpaired) electrons. The fraction of sp³-hybridized carbons (Fsp3) is 0.211. The Morgan fingerprint density at radius 1 is 1.09 bits per heavy atom. The molecule has 2 aromatic rings. The van der Waals surface area contributed by atoms with Crippen LogP contribution in [0.15, 0.2) is 42.5 Å². The molecular weight excluding hydrogens is 290 g/mol. The molecule has 0 unspecified atom stereocenters. The number of amides is 1. The van der Waals surface area contributed by atoms with Gasteiger partial charge in [0.05, 0.1) is 0 Å². The number of rotatable bonds is 3. The summed E-state index contributed by atoms with van der Waals surface area (Å²) in [4.78, 5) is 12.5. The summed E-state index contributed by atoms with van der Waals surface area (Å²) in [5, 5.41) is 2.91. The molecule has 4 heteroatoms. The maximum Gasteiger partial charge on any atom is 0.255 e. The maximum atomic E-state index is 12.5. The number of carbonyl (C=O) groups is 1. The predicted molar refractivity (Wildman–Crippen MR) is 91.3 cm³/mol. The zero-order valence-corrected chi connectivity index (χ0v) is 13.3. The van der Waals surface area contributed by atoms with E-state index in [0.717, 1.165) is 11.1 Å². The summed E-state index contributed by atoms with van der Waals surface area (Å²) < 4.78 is 11.0. The Hall–Kier alpha value is -2.75. The van der Waals surface area contributed by atoms with E-state index in [1.54, 1.807) is 6.07 Å². The van der Waals surface area contributed by atoms with E-state index in [4.69, 9.17) is 9.47 Å². The second-order valence-corrected chi connectivity index (χ2v) is 5.39. The SMILES string of the molecule is C/C=C\c1ccc(C(=O)Nc2ccc3c(c2)OCCO3)c(C)c1. The third-order valence-electron chi connectivity index (χ3n) is 3.65. The summed E-state index contributed by atoms with van der Waals surface area (Å²) >= 11 is 0. The van der Waals surface area contributed by atoms with E-state index in [-0.39, 0.29) is 5.91 Å². The van der Waals surface area contributed by atoms with Crippen LogP contribution in [0.5, 0.6) is 11.5 Å². The van der Waals surface area contributed by atoms with Crippen LogP contribution in [-0.2, 0) is 0 Å². The number of ether oxygens (including phenoxy) is 2. The average molecular weight is 309 g/mol. The van der Waals surface area contributed by atoms with Gasteiger partial charge < -0.3 is 14.8 Å². The molecule has 0 spiro atoms. The number of benzene rings is 2. The van der Waals surface area contributed by atoms with Crippen LogP contribution < -0.4 is 14.8 Å². The highest BCUT2D eigenvalue weighted by Crippen LogP contribution is 2.32. The van der Waals surface area contributed by atoms with Crippen molar-refractivity contribution in [1.82, 2.24) is 0 Å². The van der Waals surface area contributed by atoms with Gasteiger partial charge in [-0.2, -0.15) is 0 Å². The van der Waals surface area contributed by atoms with Crippen LogP contribution in [-0.4, -0.2) is 19.1 Å². The highest BCUT2D eigenvalue weighted by atomic mass is 16.6. The fourth-order valence-electron chi connectivity index (χ4n) is 2.56. The van der Waals surface area contributed by atoms with E-state index in [1.807, 2.05) is 56.3 Å². The lowest BCUT2D eigenvalue weighted by Gasteiger charge is -2.19. The monoisotopic (exact) mass is 309 g/mol. The number of carbonyl (C=O) groups excluding carboxylic acids is 1. The minimum atomic E-state index is -0.133. The molecule has 1 N–H and O–H groups in total. The zero-order valence-electron chi connectivity index (χ0n) is 13.3. The molecule has 3 rings (SSSR count). The third kappa shape index (κ3) is 3.37. The lowest BCUT2D eigenvalue weighted by molar-refractivity contribution is 0.102. The van der Waals surface area contributed by atoms with Crippen molar-refractivity contribution in [1.29, 1.82) is 0 Å².